The van der Waals surface area contributed by atoms with Crippen LogP contribution in [-0.4, -0.2) is 140 Å². The number of ether oxygens (including phenoxy) is 4. The van der Waals surface area contributed by atoms with Gasteiger partial charge in [0.25, 0.3) is 0 Å². The molecule has 12 atom stereocenters. The molecule has 9 N–H and O–H groups in total. The van der Waals surface area contributed by atoms with Crippen molar-refractivity contribution in [2.75, 3.05) is 19.8 Å². The molecule has 0 saturated carbocycles. The third-order valence-corrected chi connectivity index (χ3v) is 17.5. The Morgan fingerprint density at radius 3 is 1.15 bits per heavy atom. The number of unbranched alkanes of at least 4 members (excludes halogenated alkanes) is 42. The molecule has 0 aromatic heterocycles. The number of rotatable bonds is 59. The maximum Gasteiger partial charge on any atom is 0.220 e. The first-order chi connectivity index (χ1) is 41.6. The van der Waals surface area contributed by atoms with E-state index in [9.17, 15) is 45.6 Å². The highest BCUT2D eigenvalue weighted by Crippen LogP contribution is 2.30. The molecule has 1 amide bonds. The third kappa shape index (κ3) is 40.5. The maximum absolute atomic E-state index is 13.3. The van der Waals surface area contributed by atoms with Gasteiger partial charge in [-0.2, -0.15) is 0 Å². The summed E-state index contributed by atoms with van der Waals surface area (Å²) in [5.74, 6) is -0.244. The number of hydrogen-bond donors (Lipinski definition) is 9. The molecule has 0 aliphatic carbocycles. The molecular formula is C71H133NO13. The van der Waals surface area contributed by atoms with Crippen LogP contribution in [0.1, 0.15) is 316 Å². The van der Waals surface area contributed by atoms with Gasteiger partial charge in [-0.25, -0.2) is 0 Å². The van der Waals surface area contributed by atoms with Crippen molar-refractivity contribution in [3.8, 4) is 0 Å². The van der Waals surface area contributed by atoms with Gasteiger partial charge in [0.15, 0.2) is 12.6 Å². The Morgan fingerprint density at radius 1 is 0.412 bits per heavy atom. The second-order valence-electron chi connectivity index (χ2n) is 25.4. The summed E-state index contributed by atoms with van der Waals surface area (Å²) in [4.78, 5) is 13.3. The number of amides is 1. The molecule has 14 heteroatoms. The second-order valence-corrected chi connectivity index (χ2v) is 25.4. The lowest BCUT2D eigenvalue weighted by Crippen LogP contribution is -2.65. The van der Waals surface area contributed by atoms with Crippen LogP contribution < -0.4 is 5.32 Å². The maximum atomic E-state index is 13.3. The number of aliphatic hydroxyl groups excluding tert-OH is 8. The number of carbonyl (C=O) groups is 1. The number of carbonyl (C=O) groups excluding carboxylic acids is 1. The first kappa shape index (κ1) is 79.3. The fourth-order valence-electron chi connectivity index (χ4n) is 11.8. The van der Waals surface area contributed by atoms with E-state index >= 15 is 0 Å². The highest BCUT2D eigenvalue weighted by Gasteiger charge is 2.51. The van der Waals surface area contributed by atoms with E-state index in [1.54, 1.807) is 6.08 Å². The van der Waals surface area contributed by atoms with Crippen molar-refractivity contribution in [2.24, 2.45) is 0 Å². The molecule has 0 radical (unpaired) electrons. The summed E-state index contributed by atoms with van der Waals surface area (Å²) in [5, 5.41) is 87.3. The molecule has 0 bridgehead atoms. The predicted octanol–water partition coefficient (Wildman–Crippen LogP) is 14.5. The SMILES string of the molecule is CCCCCCCCCC/C=C\CCCCCCCCCCCCCCCCCCCCCCCCCC(=O)NC(COC1OC(CO)C(OC2OC(CO)C(O)C(O)C2O)C(O)C1O)C(O)/C=C/CC/C=C/CCCCCCCCCCCC. The van der Waals surface area contributed by atoms with Gasteiger partial charge in [0.2, 0.25) is 5.91 Å². The van der Waals surface area contributed by atoms with E-state index in [4.69, 9.17) is 18.9 Å². The van der Waals surface area contributed by atoms with E-state index in [0.717, 1.165) is 32.1 Å². The summed E-state index contributed by atoms with van der Waals surface area (Å²) in [5.41, 5.74) is 0. The smallest absolute Gasteiger partial charge is 0.220 e. The Kier molecular flexibility index (Phi) is 52.4. The van der Waals surface area contributed by atoms with Gasteiger partial charge in [0, 0.05) is 6.42 Å². The van der Waals surface area contributed by atoms with Crippen LogP contribution in [-0.2, 0) is 23.7 Å². The molecule has 0 aromatic carbocycles. The lowest BCUT2D eigenvalue weighted by Gasteiger charge is -2.46. The van der Waals surface area contributed by atoms with E-state index in [1.165, 1.54) is 250 Å². The third-order valence-electron chi connectivity index (χ3n) is 17.5. The second kappa shape index (κ2) is 56.2. The number of aliphatic hydroxyl groups is 8. The average Bonchev–Trinajstić information content (AvgIpc) is 3.70. The quantitative estimate of drug-likeness (QED) is 0.0204. The molecule has 2 aliphatic heterocycles. The average molecular weight is 1210 g/mol. The molecule has 14 nitrogen and oxygen atoms in total. The summed E-state index contributed by atoms with van der Waals surface area (Å²) in [6.07, 6.45) is 55.1. The molecule has 2 aliphatic rings. The Morgan fingerprint density at radius 2 is 0.753 bits per heavy atom. The fraction of sp³-hybridized carbons (Fsp3) is 0.901. The Labute approximate surface area is 519 Å². The molecule has 0 spiro atoms. The highest BCUT2D eigenvalue weighted by molar-refractivity contribution is 5.76. The van der Waals surface area contributed by atoms with Crippen LogP contribution in [0.15, 0.2) is 36.5 Å². The van der Waals surface area contributed by atoms with Gasteiger partial charge in [-0.05, 0) is 57.8 Å². The first-order valence-corrected chi connectivity index (χ1v) is 35.7. The fourth-order valence-corrected chi connectivity index (χ4v) is 11.8. The molecule has 85 heavy (non-hydrogen) atoms. The zero-order valence-electron chi connectivity index (χ0n) is 54.4. The Bertz CT molecular complexity index is 1560. The van der Waals surface area contributed by atoms with Crippen LogP contribution in [0, 0.1) is 0 Å². The molecule has 2 fully saturated rings. The van der Waals surface area contributed by atoms with Crippen molar-refractivity contribution < 1.29 is 64.6 Å². The van der Waals surface area contributed by atoms with Crippen molar-refractivity contribution in [1.29, 1.82) is 0 Å². The molecule has 12 unspecified atom stereocenters. The van der Waals surface area contributed by atoms with E-state index in [-0.39, 0.29) is 18.9 Å². The van der Waals surface area contributed by atoms with Crippen molar-refractivity contribution in [1.82, 2.24) is 5.32 Å². The van der Waals surface area contributed by atoms with E-state index in [1.807, 2.05) is 6.08 Å². The molecule has 2 rings (SSSR count). The minimum atomic E-state index is -1.79. The van der Waals surface area contributed by atoms with Crippen LogP contribution >= 0.6 is 0 Å². The van der Waals surface area contributed by atoms with Gasteiger partial charge < -0.3 is 65.1 Å². The van der Waals surface area contributed by atoms with Gasteiger partial charge in [-0.15, -0.1) is 0 Å². The molecule has 2 heterocycles. The monoisotopic (exact) mass is 1210 g/mol. The zero-order valence-corrected chi connectivity index (χ0v) is 54.4. The van der Waals surface area contributed by atoms with Gasteiger partial charge in [-0.3, -0.25) is 4.79 Å². The predicted molar refractivity (Wildman–Crippen MR) is 346 cm³/mol. The Hall–Kier alpha value is -1.79. The van der Waals surface area contributed by atoms with Crippen molar-refractivity contribution in [2.45, 2.75) is 389 Å². The summed E-state index contributed by atoms with van der Waals surface area (Å²) in [6.45, 7) is 2.81. The van der Waals surface area contributed by atoms with Crippen LogP contribution in [0.2, 0.25) is 0 Å². The lowest BCUT2D eigenvalue weighted by atomic mass is 9.97. The van der Waals surface area contributed by atoms with Crippen LogP contribution in [0.25, 0.3) is 0 Å². The van der Waals surface area contributed by atoms with E-state index in [2.05, 4.69) is 43.5 Å². The zero-order chi connectivity index (χ0) is 61.6. The minimum absolute atomic E-state index is 0.244. The summed E-state index contributed by atoms with van der Waals surface area (Å²) < 4.78 is 22.8. The highest BCUT2D eigenvalue weighted by atomic mass is 16.7. The van der Waals surface area contributed by atoms with Crippen molar-refractivity contribution >= 4 is 5.91 Å². The number of nitrogens with one attached hydrogen (secondary N) is 1. The Balaban J connectivity index is 1.60. The van der Waals surface area contributed by atoms with Crippen LogP contribution in [0.3, 0.4) is 0 Å². The summed E-state index contributed by atoms with van der Waals surface area (Å²) in [6, 6.07) is -0.930. The molecule has 2 saturated heterocycles. The van der Waals surface area contributed by atoms with Gasteiger partial charge in [0.05, 0.1) is 32.0 Å². The van der Waals surface area contributed by atoms with E-state index < -0.39 is 86.8 Å². The molecule has 500 valence electrons. The van der Waals surface area contributed by atoms with Crippen LogP contribution in [0.4, 0.5) is 0 Å². The molecular weight excluding hydrogens is 1070 g/mol. The lowest BCUT2D eigenvalue weighted by molar-refractivity contribution is -0.359. The summed E-state index contributed by atoms with van der Waals surface area (Å²) in [7, 11) is 0. The largest absolute Gasteiger partial charge is 0.394 e. The summed E-state index contributed by atoms with van der Waals surface area (Å²) >= 11 is 0. The van der Waals surface area contributed by atoms with Gasteiger partial charge >= 0.3 is 0 Å². The van der Waals surface area contributed by atoms with Gasteiger partial charge in [-0.1, -0.05) is 288 Å². The molecule has 0 aromatic rings. The number of hydrogen-bond acceptors (Lipinski definition) is 13. The minimum Gasteiger partial charge on any atom is -0.394 e. The standard InChI is InChI=1S/C71H133NO13/c1-3-5-7-9-11-13-15-17-19-21-22-23-24-25-26-27-28-29-30-31-32-33-34-35-36-37-38-39-41-43-45-47-49-51-53-55-63(76)72-59(60(75)54-52-50-48-46-44-42-40-20-18-16-14-12-10-8-6-4-2)58-82-70-68(81)66(79)69(62(57-74)84-70)85-71-67(80)65(78)64(77)61(56-73)83-71/h21-22,44,46,52,54,59-62,64-71,73-75,77-81H,3-20,23-43,45,47-51,53,55-58H2,1-2H3,(H,72,76)/b22-21-,46-44+,54-52+. The van der Waals surface area contributed by atoms with Crippen molar-refractivity contribution in [3.63, 3.8) is 0 Å². The van der Waals surface area contributed by atoms with Crippen LogP contribution in [0.5, 0.6) is 0 Å². The van der Waals surface area contributed by atoms with E-state index in [0.29, 0.717) is 12.8 Å². The number of allylic oxidation sites excluding steroid dienone is 5. The topological polar surface area (TPSA) is 228 Å². The van der Waals surface area contributed by atoms with Gasteiger partial charge in [0.1, 0.15) is 48.8 Å². The van der Waals surface area contributed by atoms with Crippen molar-refractivity contribution in [3.05, 3.63) is 36.5 Å². The first-order valence-electron chi connectivity index (χ1n) is 35.7. The normalized spacial score (nSPS) is 23.7.